The predicted octanol–water partition coefficient (Wildman–Crippen LogP) is 1.97. The van der Waals surface area contributed by atoms with E-state index in [-0.39, 0.29) is 0 Å². The van der Waals surface area contributed by atoms with Crippen LogP contribution in [0.25, 0.3) is 11.1 Å². The molecule has 0 aliphatic rings. The summed E-state index contributed by atoms with van der Waals surface area (Å²) >= 11 is 0. The molecule has 0 amide bonds. The third-order valence-corrected chi connectivity index (χ3v) is 2.43. The van der Waals surface area contributed by atoms with Crippen molar-refractivity contribution in [1.82, 2.24) is 10.2 Å². The van der Waals surface area contributed by atoms with Gasteiger partial charge in [0.1, 0.15) is 0 Å². The van der Waals surface area contributed by atoms with Crippen molar-refractivity contribution in [3.05, 3.63) is 42.2 Å². The van der Waals surface area contributed by atoms with Crippen LogP contribution >= 0.6 is 0 Å². The van der Waals surface area contributed by atoms with Gasteiger partial charge in [0.05, 0.1) is 6.20 Å². The highest BCUT2D eigenvalue weighted by Gasteiger charge is 1.99. The second-order valence-electron chi connectivity index (χ2n) is 3.58. The lowest BCUT2D eigenvalue weighted by molar-refractivity contribution is 0.833. The number of rotatable bonds is 4. The van der Waals surface area contributed by atoms with Gasteiger partial charge in [0.25, 0.3) is 0 Å². The number of benzene rings is 1. The molecular weight excluding hydrogens is 186 g/mol. The van der Waals surface area contributed by atoms with Crippen molar-refractivity contribution in [3.8, 4) is 11.1 Å². The maximum Gasteiger partial charge on any atom is 0.0565 e. The summed E-state index contributed by atoms with van der Waals surface area (Å²) in [6.07, 6.45) is 5.82. The van der Waals surface area contributed by atoms with E-state index < -0.39 is 0 Å². The molecule has 3 heteroatoms. The monoisotopic (exact) mass is 201 g/mol. The second kappa shape index (κ2) is 4.75. The SMILES string of the molecule is NCCCc1cccc(-c2cn[nH]c2)c1. The average Bonchev–Trinajstić information content (AvgIpc) is 2.80. The van der Waals surface area contributed by atoms with E-state index in [9.17, 15) is 0 Å². The third-order valence-electron chi connectivity index (χ3n) is 2.43. The van der Waals surface area contributed by atoms with Gasteiger partial charge in [-0.15, -0.1) is 0 Å². The molecule has 15 heavy (non-hydrogen) atoms. The quantitative estimate of drug-likeness (QED) is 0.794. The molecule has 78 valence electrons. The van der Waals surface area contributed by atoms with Crippen molar-refractivity contribution in [3.63, 3.8) is 0 Å². The largest absolute Gasteiger partial charge is 0.330 e. The van der Waals surface area contributed by atoms with Crippen LogP contribution in [0.4, 0.5) is 0 Å². The van der Waals surface area contributed by atoms with Crippen LogP contribution in [0, 0.1) is 0 Å². The van der Waals surface area contributed by atoms with Crippen LogP contribution in [0.15, 0.2) is 36.7 Å². The molecule has 0 saturated heterocycles. The number of H-pyrrole nitrogens is 1. The van der Waals surface area contributed by atoms with Crippen molar-refractivity contribution < 1.29 is 0 Å². The van der Waals surface area contributed by atoms with E-state index in [1.165, 1.54) is 11.1 Å². The third kappa shape index (κ3) is 2.44. The number of hydrogen-bond acceptors (Lipinski definition) is 2. The number of aromatic amines is 1. The highest BCUT2D eigenvalue weighted by atomic mass is 15.1. The van der Waals surface area contributed by atoms with E-state index in [0.717, 1.165) is 24.9 Å². The molecule has 1 heterocycles. The summed E-state index contributed by atoms with van der Waals surface area (Å²) in [5, 5.41) is 6.77. The normalized spacial score (nSPS) is 10.5. The molecule has 0 unspecified atom stereocenters. The summed E-state index contributed by atoms with van der Waals surface area (Å²) in [6.45, 7) is 0.746. The summed E-state index contributed by atoms with van der Waals surface area (Å²) in [5.74, 6) is 0. The van der Waals surface area contributed by atoms with Gasteiger partial charge < -0.3 is 5.73 Å². The Balaban J connectivity index is 2.19. The number of nitrogens with zero attached hydrogens (tertiary/aromatic N) is 1. The second-order valence-corrected chi connectivity index (χ2v) is 3.58. The number of aryl methyl sites for hydroxylation is 1. The fraction of sp³-hybridized carbons (Fsp3) is 0.250. The zero-order chi connectivity index (χ0) is 10.5. The summed E-state index contributed by atoms with van der Waals surface area (Å²) in [7, 11) is 0. The number of nitrogens with two attached hydrogens (primary N) is 1. The van der Waals surface area contributed by atoms with Crippen LogP contribution in [-0.2, 0) is 6.42 Å². The first-order valence-electron chi connectivity index (χ1n) is 5.18. The van der Waals surface area contributed by atoms with E-state index in [1.807, 2.05) is 12.4 Å². The summed E-state index contributed by atoms with van der Waals surface area (Å²) in [6, 6.07) is 8.50. The molecule has 0 bridgehead atoms. The highest BCUT2D eigenvalue weighted by molar-refractivity contribution is 5.62. The molecule has 0 radical (unpaired) electrons. The molecule has 0 aliphatic heterocycles. The fourth-order valence-electron chi connectivity index (χ4n) is 1.62. The summed E-state index contributed by atoms with van der Waals surface area (Å²) < 4.78 is 0. The number of aromatic nitrogens is 2. The van der Waals surface area contributed by atoms with E-state index in [0.29, 0.717) is 0 Å². The topological polar surface area (TPSA) is 54.7 Å². The Morgan fingerprint density at radius 2 is 2.20 bits per heavy atom. The van der Waals surface area contributed by atoms with Gasteiger partial charge in [-0.05, 0) is 30.5 Å². The van der Waals surface area contributed by atoms with Gasteiger partial charge in [-0.25, -0.2) is 0 Å². The molecule has 0 fully saturated rings. The molecule has 2 rings (SSSR count). The first-order valence-corrected chi connectivity index (χ1v) is 5.18. The minimum Gasteiger partial charge on any atom is -0.330 e. The van der Waals surface area contributed by atoms with Crippen LogP contribution in [0.1, 0.15) is 12.0 Å². The highest BCUT2D eigenvalue weighted by Crippen LogP contribution is 2.19. The Morgan fingerprint density at radius 3 is 2.93 bits per heavy atom. The molecule has 1 aromatic heterocycles. The molecule has 3 nitrogen and oxygen atoms in total. The van der Waals surface area contributed by atoms with Crippen molar-refractivity contribution in [2.75, 3.05) is 6.54 Å². The molecule has 0 aliphatic carbocycles. The van der Waals surface area contributed by atoms with Crippen LogP contribution in [-0.4, -0.2) is 16.7 Å². The standard InChI is InChI=1S/C12H15N3/c13-6-2-4-10-3-1-5-11(7-10)12-8-14-15-9-12/h1,3,5,7-9H,2,4,6,13H2,(H,14,15). The molecule has 0 spiro atoms. The van der Waals surface area contributed by atoms with Crippen molar-refractivity contribution in [1.29, 1.82) is 0 Å². The molecular formula is C12H15N3. The zero-order valence-corrected chi connectivity index (χ0v) is 8.61. The first-order chi connectivity index (χ1) is 7.40. The Bertz CT molecular complexity index is 407. The van der Waals surface area contributed by atoms with Crippen LogP contribution in [0.5, 0.6) is 0 Å². The summed E-state index contributed by atoms with van der Waals surface area (Å²) in [4.78, 5) is 0. The van der Waals surface area contributed by atoms with E-state index in [4.69, 9.17) is 5.73 Å². The van der Waals surface area contributed by atoms with Gasteiger partial charge in [-0.3, -0.25) is 5.10 Å². The van der Waals surface area contributed by atoms with Crippen LogP contribution < -0.4 is 5.73 Å². The van der Waals surface area contributed by atoms with Crippen molar-refractivity contribution >= 4 is 0 Å². The van der Waals surface area contributed by atoms with Crippen LogP contribution in [0.2, 0.25) is 0 Å². The van der Waals surface area contributed by atoms with Gasteiger partial charge in [0.15, 0.2) is 0 Å². The fourth-order valence-corrected chi connectivity index (χ4v) is 1.62. The lowest BCUT2D eigenvalue weighted by Gasteiger charge is -2.02. The summed E-state index contributed by atoms with van der Waals surface area (Å²) in [5.41, 5.74) is 9.16. The van der Waals surface area contributed by atoms with Gasteiger partial charge in [0, 0.05) is 11.8 Å². The average molecular weight is 201 g/mol. The predicted molar refractivity (Wildman–Crippen MR) is 61.4 cm³/mol. The minimum atomic E-state index is 0.746. The smallest absolute Gasteiger partial charge is 0.0565 e. The van der Waals surface area contributed by atoms with E-state index in [1.54, 1.807) is 0 Å². The Kier molecular flexibility index (Phi) is 3.15. The van der Waals surface area contributed by atoms with Gasteiger partial charge in [-0.1, -0.05) is 24.3 Å². The zero-order valence-electron chi connectivity index (χ0n) is 8.61. The van der Waals surface area contributed by atoms with E-state index in [2.05, 4.69) is 34.5 Å². The molecule has 2 aromatic rings. The lowest BCUT2D eigenvalue weighted by atomic mass is 10.0. The Hall–Kier alpha value is -1.61. The maximum atomic E-state index is 5.49. The van der Waals surface area contributed by atoms with Gasteiger partial charge in [0.2, 0.25) is 0 Å². The number of hydrogen-bond donors (Lipinski definition) is 2. The van der Waals surface area contributed by atoms with Gasteiger partial charge in [-0.2, -0.15) is 5.10 Å². The van der Waals surface area contributed by atoms with E-state index >= 15 is 0 Å². The molecule has 1 aromatic carbocycles. The van der Waals surface area contributed by atoms with Gasteiger partial charge >= 0.3 is 0 Å². The Labute approximate surface area is 89.3 Å². The Morgan fingerprint density at radius 1 is 1.27 bits per heavy atom. The molecule has 3 N–H and O–H groups in total. The number of nitrogens with one attached hydrogen (secondary N) is 1. The molecule has 0 atom stereocenters. The van der Waals surface area contributed by atoms with Crippen molar-refractivity contribution in [2.24, 2.45) is 5.73 Å². The van der Waals surface area contributed by atoms with Crippen LogP contribution in [0.3, 0.4) is 0 Å². The maximum absolute atomic E-state index is 5.49. The molecule has 0 saturated carbocycles. The minimum absolute atomic E-state index is 0.746. The van der Waals surface area contributed by atoms with Crippen molar-refractivity contribution in [2.45, 2.75) is 12.8 Å². The first kappa shape index (κ1) is 9.93. The lowest BCUT2D eigenvalue weighted by Crippen LogP contribution is -2.00.